The lowest BCUT2D eigenvalue weighted by molar-refractivity contribution is -0.122. The molecule has 0 bridgehead atoms. The Balaban J connectivity index is 2.37. The topological polar surface area (TPSA) is 58.2 Å². The third kappa shape index (κ3) is 4.95. The molecule has 98 valence electrons. The Morgan fingerprint density at radius 2 is 1.78 bits per heavy atom. The minimum Gasteiger partial charge on any atom is -0.273 e. The number of carbonyl (C=O) groups excluding carboxylic acids is 2. The van der Waals surface area contributed by atoms with Crippen LogP contribution in [0.1, 0.15) is 37.0 Å². The second-order valence-electron chi connectivity index (χ2n) is 4.44. The molecule has 0 fully saturated rings. The van der Waals surface area contributed by atoms with Gasteiger partial charge in [-0.2, -0.15) is 0 Å². The van der Waals surface area contributed by atoms with E-state index in [2.05, 4.69) is 10.9 Å². The summed E-state index contributed by atoms with van der Waals surface area (Å²) >= 11 is 0. The number of hydrogen-bond donors (Lipinski definition) is 2. The van der Waals surface area contributed by atoms with E-state index < -0.39 is 11.7 Å². The average molecular weight is 252 g/mol. The Bertz CT molecular complexity index is 416. The van der Waals surface area contributed by atoms with Crippen LogP contribution in [-0.2, 0) is 4.79 Å². The van der Waals surface area contributed by atoms with Crippen molar-refractivity contribution in [3.8, 4) is 0 Å². The van der Waals surface area contributed by atoms with E-state index in [0.29, 0.717) is 17.9 Å². The van der Waals surface area contributed by atoms with Crippen LogP contribution in [0.2, 0.25) is 0 Å². The number of halogens is 1. The lowest BCUT2D eigenvalue weighted by Crippen LogP contribution is -2.41. The Hall–Kier alpha value is -1.91. The predicted molar refractivity (Wildman–Crippen MR) is 66.1 cm³/mol. The van der Waals surface area contributed by atoms with Gasteiger partial charge in [-0.3, -0.25) is 20.4 Å². The van der Waals surface area contributed by atoms with Crippen molar-refractivity contribution in [2.45, 2.75) is 26.7 Å². The van der Waals surface area contributed by atoms with E-state index in [0.717, 1.165) is 6.42 Å². The minimum absolute atomic E-state index is 0.237. The summed E-state index contributed by atoms with van der Waals surface area (Å²) in [7, 11) is 0. The van der Waals surface area contributed by atoms with Gasteiger partial charge < -0.3 is 0 Å². The predicted octanol–water partition coefficient (Wildman–Crippen LogP) is 2.02. The van der Waals surface area contributed by atoms with Crippen LogP contribution in [0.5, 0.6) is 0 Å². The Morgan fingerprint density at radius 3 is 2.33 bits per heavy atom. The van der Waals surface area contributed by atoms with E-state index in [-0.39, 0.29) is 5.91 Å². The fourth-order valence-corrected chi connectivity index (χ4v) is 1.28. The summed E-state index contributed by atoms with van der Waals surface area (Å²) in [4.78, 5) is 22.9. The van der Waals surface area contributed by atoms with Crippen LogP contribution >= 0.6 is 0 Å². The van der Waals surface area contributed by atoms with Gasteiger partial charge in [0.05, 0.1) is 0 Å². The molecular weight excluding hydrogens is 235 g/mol. The Labute approximate surface area is 106 Å². The van der Waals surface area contributed by atoms with Gasteiger partial charge >= 0.3 is 0 Å². The number of rotatable bonds is 4. The highest BCUT2D eigenvalue weighted by atomic mass is 19.1. The molecule has 0 radical (unpaired) electrons. The zero-order valence-corrected chi connectivity index (χ0v) is 10.5. The highest BCUT2D eigenvalue weighted by molar-refractivity contribution is 5.95. The van der Waals surface area contributed by atoms with Crippen molar-refractivity contribution >= 4 is 11.8 Å². The molecule has 2 amide bonds. The van der Waals surface area contributed by atoms with Crippen LogP contribution < -0.4 is 10.9 Å². The van der Waals surface area contributed by atoms with Gasteiger partial charge in [-0.15, -0.1) is 0 Å². The molecule has 1 rings (SSSR count). The molecule has 0 aliphatic carbocycles. The van der Waals surface area contributed by atoms with Crippen molar-refractivity contribution in [1.82, 2.24) is 10.9 Å². The summed E-state index contributed by atoms with van der Waals surface area (Å²) in [6, 6.07) is 5.08. The summed E-state index contributed by atoms with van der Waals surface area (Å²) in [5.41, 5.74) is 4.89. The smallest absolute Gasteiger partial charge is 0.269 e. The van der Waals surface area contributed by atoms with E-state index >= 15 is 0 Å². The quantitative estimate of drug-likeness (QED) is 0.805. The lowest BCUT2D eigenvalue weighted by Gasteiger charge is -2.08. The van der Waals surface area contributed by atoms with E-state index in [1.807, 2.05) is 13.8 Å². The third-order valence-electron chi connectivity index (χ3n) is 2.37. The second kappa shape index (κ2) is 6.74. The molecule has 0 saturated carbocycles. The van der Waals surface area contributed by atoms with Crippen LogP contribution in [0.4, 0.5) is 4.39 Å². The molecule has 1 aromatic carbocycles. The van der Waals surface area contributed by atoms with E-state index in [1.165, 1.54) is 24.3 Å². The highest BCUT2D eigenvalue weighted by Crippen LogP contribution is 2.03. The second-order valence-corrected chi connectivity index (χ2v) is 4.44. The largest absolute Gasteiger partial charge is 0.273 e. The van der Waals surface area contributed by atoms with Crippen LogP contribution in [0.3, 0.4) is 0 Å². The van der Waals surface area contributed by atoms with Gasteiger partial charge in [0.15, 0.2) is 0 Å². The van der Waals surface area contributed by atoms with Crippen molar-refractivity contribution < 1.29 is 14.0 Å². The first-order chi connectivity index (χ1) is 8.49. The van der Waals surface area contributed by atoms with Gasteiger partial charge in [0.2, 0.25) is 5.91 Å². The number of amides is 2. The van der Waals surface area contributed by atoms with Crippen LogP contribution in [0, 0.1) is 11.7 Å². The molecule has 0 aliphatic heterocycles. The summed E-state index contributed by atoms with van der Waals surface area (Å²) < 4.78 is 12.6. The van der Waals surface area contributed by atoms with Crippen molar-refractivity contribution in [3.05, 3.63) is 35.6 Å². The fourth-order valence-electron chi connectivity index (χ4n) is 1.28. The number of benzene rings is 1. The maximum atomic E-state index is 12.6. The molecule has 0 aliphatic rings. The van der Waals surface area contributed by atoms with E-state index in [1.54, 1.807) is 0 Å². The van der Waals surface area contributed by atoms with Gasteiger partial charge in [0.25, 0.3) is 5.91 Å². The first-order valence-corrected chi connectivity index (χ1v) is 5.84. The van der Waals surface area contributed by atoms with Gasteiger partial charge in [-0.05, 0) is 36.6 Å². The van der Waals surface area contributed by atoms with Gasteiger partial charge in [-0.25, -0.2) is 4.39 Å². The minimum atomic E-state index is -0.465. The summed E-state index contributed by atoms with van der Waals surface area (Å²) in [5, 5.41) is 0. The van der Waals surface area contributed by atoms with Crippen LogP contribution in [0.15, 0.2) is 24.3 Å². The number of carbonyl (C=O) groups is 2. The number of hydrogen-bond acceptors (Lipinski definition) is 2. The van der Waals surface area contributed by atoms with Crippen molar-refractivity contribution in [1.29, 1.82) is 0 Å². The standard InChI is InChI=1S/C13H17FN2O2/c1-9(2)3-8-12(17)15-16-13(18)10-4-6-11(14)7-5-10/h4-7,9H,3,8H2,1-2H3,(H,15,17)(H,16,18). The molecule has 1 aromatic rings. The molecule has 0 heterocycles. The fraction of sp³-hybridized carbons (Fsp3) is 0.385. The van der Waals surface area contributed by atoms with E-state index in [4.69, 9.17) is 0 Å². The van der Waals surface area contributed by atoms with Crippen molar-refractivity contribution in [3.63, 3.8) is 0 Å². The van der Waals surface area contributed by atoms with Crippen molar-refractivity contribution in [2.24, 2.45) is 5.92 Å². The Morgan fingerprint density at radius 1 is 1.17 bits per heavy atom. The summed E-state index contributed by atoms with van der Waals surface area (Å²) in [5.74, 6) is -0.678. The zero-order chi connectivity index (χ0) is 13.5. The molecule has 0 unspecified atom stereocenters. The maximum Gasteiger partial charge on any atom is 0.269 e. The van der Waals surface area contributed by atoms with E-state index in [9.17, 15) is 14.0 Å². The zero-order valence-electron chi connectivity index (χ0n) is 10.5. The molecular formula is C13H17FN2O2. The summed E-state index contributed by atoms with van der Waals surface area (Å²) in [6.07, 6.45) is 1.12. The molecule has 2 N–H and O–H groups in total. The van der Waals surface area contributed by atoms with Crippen LogP contribution in [-0.4, -0.2) is 11.8 Å². The Kier molecular flexibility index (Phi) is 5.30. The molecule has 0 saturated heterocycles. The lowest BCUT2D eigenvalue weighted by atomic mass is 10.1. The molecule has 0 aromatic heterocycles. The van der Waals surface area contributed by atoms with Crippen molar-refractivity contribution in [2.75, 3.05) is 0 Å². The first kappa shape index (κ1) is 14.2. The third-order valence-corrected chi connectivity index (χ3v) is 2.37. The molecule has 0 atom stereocenters. The average Bonchev–Trinajstić information content (AvgIpc) is 2.34. The van der Waals surface area contributed by atoms with Gasteiger partial charge in [-0.1, -0.05) is 13.8 Å². The molecule has 4 nitrogen and oxygen atoms in total. The summed E-state index contributed by atoms with van der Waals surface area (Å²) in [6.45, 7) is 4.04. The normalized spacial score (nSPS) is 10.2. The monoisotopic (exact) mass is 252 g/mol. The molecule has 5 heteroatoms. The molecule has 18 heavy (non-hydrogen) atoms. The number of hydrazine groups is 1. The SMILES string of the molecule is CC(C)CCC(=O)NNC(=O)c1ccc(F)cc1. The maximum absolute atomic E-state index is 12.6. The van der Waals surface area contributed by atoms with Gasteiger partial charge in [0, 0.05) is 12.0 Å². The first-order valence-electron chi connectivity index (χ1n) is 5.84. The van der Waals surface area contributed by atoms with Crippen LogP contribution in [0.25, 0.3) is 0 Å². The number of nitrogens with one attached hydrogen (secondary N) is 2. The highest BCUT2D eigenvalue weighted by Gasteiger charge is 2.07. The molecule has 0 spiro atoms. The van der Waals surface area contributed by atoms with Gasteiger partial charge in [0.1, 0.15) is 5.82 Å².